The Kier molecular flexibility index (Phi) is 5.74. The maximum atomic E-state index is 12.3. The Morgan fingerprint density at radius 2 is 2.04 bits per heavy atom. The van der Waals surface area contributed by atoms with Crippen LogP contribution in [-0.2, 0) is 0 Å². The number of amides is 1. The number of hydrogen-bond acceptors (Lipinski definition) is 4. The minimum absolute atomic E-state index is 0. The van der Waals surface area contributed by atoms with Gasteiger partial charge in [-0.25, -0.2) is 4.98 Å². The molecule has 0 saturated heterocycles. The molecular formula is C16H22ClN5O. The van der Waals surface area contributed by atoms with E-state index in [2.05, 4.69) is 20.5 Å². The van der Waals surface area contributed by atoms with Gasteiger partial charge in [-0.1, -0.05) is 12.1 Å². The highest BCUT2D eigenvalue weighted by molar-refractivity contribution is 5.94. The molecule has 2 N–H and O–H groups in total. The van der Waals surface area contributed by atoms with Gasteiger partial charge in [0.1, 0.15) is 5.82 Å². The van der Waals surface area contributed by atoms with Crippen LogP contribution in [0.2, 0.25) is 0 Å². The number of likely N-dealkylation sites (N-methyl/N-ethyl adjacent to an activating group) is 2. The number of H-pyrrole nitrogens is 1. The van der Waals surface area contributed by atoms with E-state index in [1.165, 1.54) is 12.8 Å². The third-order valence-corrected chi connectivity index (χ3v) is 3.90. The van der Waals surface area contributed by atoms with Gasteiger partial charge in [0.2, 0.25) is 0 Å². The van der Waals surface area contributed by atoms with Gasteiger partial charge in [-0.05, 0) is 32.0 Å². The average Bonchev–Trinajstić information content (AvgIpc) is 3.29. The molecule has 0 bridgehead atoms. The fraction of sp³-hybridized carbons (Fsp3) is 0.438. The third-order valence-electron chi connectivity index (χ3n) is 3.90. The zero-order chi connectivity index (χ0) is 15.5. The van der Waals surface area contributed by atoms with Gasteiger partial charge in [-0.15, -0.1) is 12.4 Å². The standard InChI is InChI=1S/C16H21N5O.ClH/c1-17-9-10-21(2)16(22)13-7-5-12(6-8-13)15-18-14(19-20-15)11-3-4-11;/h5-8,11,17H,3-4,9-10H2,1-2H3,(H,18,19,20);1H. The highest BCUT2D eigenvalue weighted by atomic mass is 35.5. The van der Waals surface area contributed by atoms with Gasteiger partial charge in [-0.2, -0.15) is 5.10 Å². The normalized spacial score (nSPS) is 13.5. The molecule has 0 unspecified atom stereocenters. The van der Waals surface area contributed by atoms with Crippen molar-refractivity contribution >= 4 is 18.3 Å². The third kappa shape index (κ3) is 4.09. The van der Waals surface area contributed by atoms with Crippen molar-refractivity contribution in [1.82, 2.24) is 25.4 Å². The molecule has 1 aromatic heterocycles. The smallest absolute Gasteiger partial charge is 0.253 e. The Morgan fingerprint density at radius 1 is 1.35 bits per heavy atom. The van der Waals surface area contributed by atoms with Crippen LogP contribution < -0.4 is 5.32 Å². The minimum atomic E-state index is 0. The Hall–Kier alpha value is -1.92. The molecule has 124 valence electrons. The van der Waals surface area contributed by atoms with Crippen LogP contribution in [0.15, 0.2) is 24.3 Å². The van der Waals surface area contributed by atoms with Gasteiger partial charge >= 0.3 is 0 Å². The van der Waals surface area contributed by atoms with Crippen molar-refractivity contribution in [2.45, 2.75) is 18.8 Å². The van der Waals surface area contributed by atoms with E-state index < -0.39 is 0 Å². The first kappa shape index (κ1) is 17.4. The van der Waals surface area contributed by atoms with Crippen molar-refractivity contribution in [3.63, 3.8) is 0 Å². The van der Waals surface area contributed by atoms with Gasteiger partial charge in [0, 0.05) is 37.2 Å². The van der Waals surface area contributed by atoms with E-state index in [9.17, 15) is 4.79 Å². The van der Waals surface area contributed by atoms with Gasteiger partial charge < -0.3 is 10.2 Å². The molecule has 1 aliphatic rings. The summed E-state index contributed by atoms with van der Waals surface area (Å²) in [4.78, 5) is 18.5. The van der Waals surface area contributed by atoms with Gasteiger partial charge in [0.15, 0.2) is 5.82 Å². The van der Waals surface area contributed by atoms with Crippen molar-refractivity contribution in [3.8, 4) is 11.4 Å². The molecule has 1 fully saturated rings. The lowest BCUT2D eigenvalue weighted by molar-refractivity contribution is 0.0797. The second-order valence-corrected chi connectivity index (χ2v) is 5.73. The van der Waals surface area contributed by atoms with Crippen molar-refractivity contribution in [2.75, 3.05) is 27.2 Å². The summed E-state index contributed by atoms with van der Waals surface area (Å²) in [6, 6.07) is 7.47. The van der Waals surface area contributed by atoms with Crippen LogP contribution in [0.25, 0.3) is 11.4 Å². The van der Waals surface area contributed by atoms with Crippen molar-refractivity contribution in [1.29, 1.82) is 0 Å². The number of aromatic nitrogens is 3. The summed E-state index contributed by atoms with van der Waals surface area (Å²) < 4.78 is 0. The van der Waals surface area contributed by atoms with E-state index >= 15 is 0 Å². The lowest BCUT2D eigenvalue weighted by atomic mass is 10.1. The second kappa shape index (κ2) is 7.57. The number of aromatic amines is 1. The fourth-order valence-electron chi connectivity index (χ4n) is 2.31. The zero-order valence-corrected chi connectivity index (χ0v) is 14.2. The molecule has 7 heteroatoms. The number of benzene rings is 1. The van der Waals surface area contributed by atoms with Crippen LogP contribution in [0.4, 0.5) is 0 Å². The lowest BCUT2D eigenvalue weighted by Gasteiger charge is -2.16. The monoisotopic (exact) mass is 335 g/mol. The van der Waals surface area contributed by atoms with Crippen LogP contribution in [0.3, 0.4) is 0 Å². The highest BCUT2D eigenvalue weighted by Gasteiger charge is 2.27. The van der Waals surface area contributed by atoms with Gasteiger partial charge in [0.05, 0.1) is 0 Å². The Morgan fingerprint density at radius 3 is 2.65 bits per heavy atom. The molecule has 1 saturated carbocycles. The number of halogens is 1. The number of hydrogen-bond donors (Lipinski definition) is 2. The number of carbonyl (C=O) groups is 1. The first-order valence-electron chi connectivity index (χ1n) is 7.62. The second-order valence-electron chi connectivity index (χ2n) is 5.73. The molecule has 0 spiro atoms. The maximum Gasteiger partial charge on any atom is 0.253 e. The topological polar surface area (TPSA) is 73.9 Å². The minimum Gasteiger partial charge on any atom is -0.340 e. The number of nitrogens with one attached hydrogen (secondary N) is 2. The quantitative estimate of drug-likeness (QED) is 0.847. The number of nitrogens with zero attached hydrogens (tertiary/aromatic N) is 3. The Labute approximate surface area is 142 Å². The van der Waals surface area contributed by atoms with Crippen molar-refractivity contribution < 1.29 is 4.79 Å². The molecule has 3 rings (SSSR count). The summed E-state index contributed by atoms with van der Waals surface area (Å²) in [6.07, 6.45) is 2.39. The molecule has 1 aliphatic carbocycles. The summed E-state index contributed by atoms with van der Waals surface area (Å²) in [5.41, 5.74) is 1.61. The molecular weight excluding hydrogens is 314 g/mol. The van der Waals surface area contributed by atoms with Crippen molar-refractivity contribution in [3.05, 3.63) is 35.7 Å². The van der Waals surface area contributed by atoms with E-state index in [0.29, 0.717) is 23.9 Å². The molecule has 0 atom stereocenters. The van der Waals surface area contributed by atoms with Crippen LogP contribution in [0.5, 0.6) is 0 Å². The summed E-state index contributed by atoms with van der Waals surface area (Å²) in [5.74, 6) is 2.25. The van der Waals surface area contributed by atoms with Crippen molar-refractivity contribution in [2.24, 2.45) is 0 Å². The van der Waals surface area contributed by atoms with E-state index in [0.717, 1.165) is 17.9 Å². The number of rotatable bonds is 6. The molecule has 6 nitrogen and oxygen atoms in total. The highest BCUT2D eigenvalue weighted by Crippen LogP contribution is 2.38. The van der Waals surface area contributed by atoms with Crippen LogP contribution in [0, 0.1) is 0 Å². The lowest BCUT2D eigenvalue weighted by Crippen LogP contribution is -2.32. The predicted octanol–water partition coefficient (Wildman–Crippen LogP) is 2.06. The molecule has 1 amide bonds. The van der Waals surface area contributed by atoms with E-state index in [4.69, 9.17) is 0 Å². The van der Waals surface area contributed by atoms with E-state index in [1.54, 1.807) is 4.90 Å². The number of carbonyl (C=O) groups excluding carboxylic acids is 1. The molecule has 0 aliphatic heterocycles. The molecule has 1 aromatic carbocycles. The Bertz CT molecular complexity index is 651. The maximum absolute atomic E-state index is 12.3. The van der Waals surface area contributed by atoms with E-state index in [-0.39, 0.29) is 18.3 Å². The summed E-state index contributed by atoms with van der Waals surface area (Å²) in [7, 11) is 3.69. The fourth-order valence-corrected chi connectivity index (χ4v) is 2.31. The summed E-state index contributed by atoms with van der Waals surface area (Å²) in [6.45, 7) is 1.46. The SMILES string of the molecule is CNCCN(C)C(=O)c1ccc(-c2n[nH]c(C3CC3)n2)cc1.Cl. The largest absolute Gasteiger partial charge is 0.340 e. The van der Waals surface area contributed by atoms with Crippen LogP contribution in [-0.4, -0.2) is 53.2 Å². The average molecular weight is 336 g/mol. The van der Waals surface area contributed by atoms with E-state index in [1.807, 2.05) is 38.4 Å². The van der Waals surface area contributed by atoms with Crippen LogP contribution >= 0.6 is 12.4 Å². The zero-order valence-electron chi connectivity index (χ0n) is 13.4. The summed E-state index contributed by atoms with van der Waals surface area (Å²) >= 11 is 0. The van der Waals surface area contributed by atoms with Gasteiger partial charge in [-0.3, -0.25) is 9.89 Å². The molecule has 23 heavy (non-hydrogen) atoms. The molecule has 2 aromatic rings. The molecule has 1 heterocycles. The summed E-state index contributed by atoms with van der Waals surface area (Å²) in [5, 5.41) is 10.3. The molecule has 0 radical (unpaired) electrons. The Balaban J connectivity index is 0.00000192. The first-order valence-corrected chi connectivity index (χ1v) is 7.62. The first-order chi connectivity index (χ1) is 10.7. The van der Waals surface area contributed by atoms with Crippen LogP contribution in [0.1, 0.15) is 34.9 Å². The van der Waals surface area contributed by atoms with Gasteiger partial charge in [0.25, 0.3) is 5.91 Å². The predicted molar refractivity (Wildman–Crippen MR) is 91.9 cm³/mol.